The number of ether oxygens (including phenoxy) is 1. The molecule has 0 atom stereocenters. The van der Waals surface area contributed by atoms with Crippen molar-refractivity contribution < 1.29 is 17.9 Å². The van der Waals surface area contributed by atoms with Crippen LogP contribution in [-0.4, -0.2) is 71.7 Å². The van der Waals surface area contributed by atoms with E-state index in [9.17, 15) is 13.2 Å². The number of primary sulfonamides is 1. The molecule has 2 heterocycles. The highest BCUT2D eigenvalue weighted by molar-refractivity contribution is 7.89. The molecule has 0 unspecified atom stereocenters. The number of hydrogen-bond acceptors (Lipinski definition) is 6. The average molecular weight is 425 g/mol. The summed E-state index contributed by atoms with van der Waals surface area (Å²) in [6, 6.07) is 4.50. The Bertz CT molecular complexity index is 786. The zero-order valence-corrected chi connectivity index (χ0v) is 17.8. The summed E-state index contributed by atoms with van der Waals surface area (Å²) in [5, 5.41) is 8.23. The third kappa shape index (κ3) is 6.40. The minimum Gasteiger partial charge on any atom is -0.378 e. The standard InChI is InChI=1S/C20H32N4O4S/c21-29(26,27)17-6-7-19(24-12-14-28-15-13-24)18(16-17)20(25)22-8-5-11-23-9-3-1-2-4-10-23/h6-7,16H,1-5,8-15H2,(H,22,25)(H2,21,26,27). The van der Waals surface area contributed by atoms with Crippen molar-refractivity contribution in [1.29, 1.82) is 0 Å². The molecule has 0 radical (unpaired) electrons. The van der Waals surface area contributed by atoms with Crippen molar-refractivity contribution in [3.63, 3.8) is 0 Å². The van der Waals surface area contributed by atoms with Crippen molar-refractivity contribution in [3.05, 3.63) is 23.8 Å². The number of nitrogens with one attached hydrogen (secondary N) is 1. The predicted molar refractivity (Wildman–Crippen MR) is 113 cm³/mol. The van der Waals surface area contributed by atoms with E-state index >= 15 is 0 Å². The molecular formula is C20H32N4O4S. The van der Waals surface area contributed by atoms with Gasteiger partial charge in [-0.3, -0.25) is 4.79 Å². The summed E-state index contributed by atoms with van der Waals surface area (Å²) in [6.07, 6.45) is 5.97. The van der Waals surface area contributed by atoms with Crippen LogP contribution < -0.4 is 15.4 Å². The normalized spacial score (nSPS) is 19.0. The Morgan fingerprint density at radius 1 is 1.07 bits per heavy atom. The molecule has 2 aliphatic heterocycles. The van der Waals surface area contributed by atoms with Gasteiger partial charge in [-0.2, -0.15) is 0 Å². The van der Waals surface area contributed by atoms with Gasteiger partial charge in [0.05, 0.1) is 23.7 Å². The molecule has 29 heavy (non-hydrogen) atoms. The summed E-state index contributed by atoms with van der Waals surface area (Å²) < 4.78 is 28.9. The second-order valence-corrected chi connectivity index (χ2v) is 9.25. The first-order valence-corrected chi connectivity index (χ1v) is 12.0. The van der Waals surface area contributed by atoms with Gasteiger partial charge in [0.25, 0.3) is 5.91 Å². The van der Waals surface area contributed by atoms with Crippen molar-refractivity contribution in [3.8, 4) is 0 Å². The highest BCUT2D eigenvalue weighted by atomic mass is 32.2. The molecule has 8 nitrogen and oxygen atoms in total. The summed E-state index contributed by atoms with van der Waals surface area (Å²) in [4.78, 5) is 17.3. The molecule has 0 aromatic heterocycles. The van der Waals surface area contributed by atoms with Crippen LogP contribution in [0.5, 0.6) is 0 Å². The minimum absolute atomic E-state index is 0.0516. The maximum absolute atomic E-state index is 12.9. The Hall–Kier alpha value is -1.68. The molecule has 162 valence electrons. The lowest BCUT2D eigenvalue weighted by molar-refractivity contribution is 0.0950. The lowest BCUT2D eigenvalue weighted by atomic mass is 10.1. The molecule has 2 aliphatic rings. The fourth-order valence-electron chi connectivity index (χ4n) is 3.91. The van der Waals surface area contributed by atoms with Gasteiger partial charge in [0.2, 0.25) is 10.0 Å². The van der Waals surface area contributed by atoms with Gasteiger partial charge in [0.1, 0.15) is 0 Å². The lowest BCUT2D eigenvalue weighted by Crippen LogP contribution is -2.38. The molecule has 1 amide bonds. The molecule has 2 saturated heterocycles. The van der Waals surface area contributed by atoms with Crippen molar-refractivity contribution >= 4 is 21.6 Å². The van der Waals surface area contributed by atoms with Crippen LogP contribution in [0, 0.1) is 0 Å². The van der Waals surface area contributed by atoms with Gasteiger partial charge in [-0.1, -0.05) is 12.8 Å². The van der Waals surface area contributed by atoms with E-state index in [1.54, 1.807) is 6.07 Å². The minimum atomic E-state index is -3.88. The average Bonchev–Trinajstić information content (AvgIpc) is 2.99. The van der Waals surface area contributed by atoms with Gasteiger partial charge >= 0.3 is 0 Å². The van der Waals surface area contributed by atoms with Crippen LogP contribution >= 0.6 is 0 Å². The fourth-order valence-corrected chi connectivity index (χ4v) is 4.45. The number of nitrogens with zero attached hydrogens (tertiary/aromatic N) is 2. The van der Waals surface area contributed by atoms with E-state index < -0.39 is 10.0 Å². The number of likely N-dealkylation sites (tertiary alicyclic amines) is 1. The van der Waals surface area contributed by atoms with Gasteiger partial charge in [0.15, 0.2) is 0 Å². The third-order valence-electron chi connectivity index (χ3n) is 5.53. The number of anilines is 1. The Labute approximate surface area is 173 Å². The van der Waals surface area contributed by atoms with E-state index in [1.165, 1.54) is 37.8 Å². The molecule has 0 saturated carbocycles. The number of nitrogens with two attached hydrogens (primary N) is 1. The number of carbonyl (C=O) groups excluding carboxylic acids is 1. The molecule has 3 rings (SSSR count). The van der Waals surface area contributed by atoms with Gasteiger partial charge in [-0.15, -0.1) is 0 Å². The maximum Gasteiger partial charge on any atom is 0.253 e. The Morgan fingerprint density at radius 3 is 2.41 bits per heavy atom. The quantitative estimate of drug-likeness (QED) is 0.637. The summed E-state index contributed by atoms with van der Waals surface area (Å²) >= 11 is 0. The van der Waals surface area contributed by atoms with Gasteiger partial charge in [0, 0.05) is 25.3 Å². The first kappa shape index (κ1) is 22.0. The number of amides is 1. The van der Waals surface area contributed by atoms with Crippen molar-refractivity contribution in [2.45, 2.75) is 37.0 Å². The van der Waals surface area contributed by atoms with E-state index in [1.807, 2.05) is 4.90 Å². The van der Waals surface area contributed by atoms with Crippen LogP contribution in [0.15, 0.2) is 23.1 Å². The summed E-state index contributed by atoms with van der Waals surface area (Å²) in [5.74, 6) is -0.271. The van der Waals surface area contributed by atoms with Crippen molar-refractivity contribution in [1.82, 2.24) is 10.2 Å². The molecule has 3 N–H and O–H groups in total. The predicted octanol–water partition coefficient (Wildman–Crippen LogP) is 1.17. The van der Waals surface area contributed by atoms with Crippen LogP contribution in [0.3, 0.4) is 0 Å². The Morgan fingerprint density at radius 2 is 1.76 bits per heavy atom. The van der Waals surface area contributed by atoms with Crippen LogP contribution in [0.2, 0.25) is 0 Å². The van der Waals surface area contributed by atoms with Crippen LogP contribution in [0.25, 0.3) is 0 Å². The number of benzene rings is 1. The fraction of sp³-hybridized carbons (Fsp3) is 0.650. The zero-order valence-electron chi connectivity index (χ0n) is 16.9. The second kappa shape index (κ2) is 10.4. The van der Waals surface area contributed by atoms with E-state index in [0.29, 0.717) is 44.1 Å². The molecule has 0 aliphatic carbocycles. The van der Waals surface area contributed by atoms with Crippen LogP contribution in [0.1, 0.15) is 42.5 Å². The molecule has 0 spiro atoms. The Kier molecular flexibility index (Phi) is 7.88. The molecule has 1 aromatic rings. The van der Waals surface area contributed by atoms with Gasteiger partial charge < -0.3 is 19.9 Å². The maximum atomic E-state index is 12.9. The van der Waals surface area contributed by atoms with E-state index in [0.717, 1.165) is 26.1 Å². The zero-order chi connectivity index (χ0) is 20.7. The van der Waals surface area contributed by atoms with Gasteiger partial charge in [-0.05, 0) is 57.1 Å². The largest absolute Gasteiger partial charge is 0.378 e. The van der Waals surface area contributed by atoms with E-state index in [-0.39, 0.29) is 10.8 Å². The number of sulfonamides is 1. The molecular weight excluding hydrogens is 392 g/mol. The Balaban J connectivity index is 1.65. The van der Waals surface area contributed by atoms with E-state index in [4.69, 9.17) is 9.88 Å². The van der Waals surface area contributed by atoms with E-state index in [2.05, 4.69) is 10.2 Å². The number of rotatable bonds is 7. The highest BCUT2D eigenvalue weighted by Crippen LogP contribution is 2.25. The topological polar surface area (TPSA) is 105 Å². The van der Waals surface area contributed by atoms with Crippen molar-refractivity contribution in [2.24, 2.45) is 5.14 Å². The molecule has 9 heteroatoms. The summed E-state index contributed by atoms with van der Waals surface area (Å²) in [5.41, 5.74) is 1.05. The summed E-state index contributed by atoms with van der Waals surface area (Å²) in [6.45, 7) is 6.25. The number of hydrogen-bond donors (Lipinski definition) is 2. The van der Waals surface area contributed by atoms with Crippen LogP contribution in [-0.2, 0) is 14.8 Å². The summed E-state index contributed by atoms with van der Waals surface area (Å²) in [7, 11) is -3.88. The molecule has 1 aromatic carbocycles. The first-order chi connectivity index (χ1) is 13.9. The lowest BCUT2D eigenvalue weighted by Gasteiger charge is -2.30. The monoisotopic (exact) mass is 424 g/mol. The number of morpholine rings is 1. The van der Waals surface area contributed by atoms with Gasteiger partial charge in [-0.25, -0.2) is 13.6 Å². The SMILES string of the molecule is NS(=O)(=O)c1ccc(N2CCOCC2)c(C(=O)NCCCN2CCCCCC2)c1. The number of carbonyl (C=O) groups is 1. The van der Waals surface area contributed by atoms with Crippen LogP contribution in [0.4, 0.5) is 5.69 Å². The third-order valence-corrected chi connectivity index (χ3v) is 6.44. The second-order valence-electron chi connectivity index (χ2n) is 7.69. The molecule has 2 fully saturated rings. The van der Waals surface area contributed by atoms with Crippen molar-refractivity contribution in [2.75, 3.05) is 57.4 Å². The molecule has 0 bridgehead atoms. The smallest absolute Gasteiger partial charge is 0.253 e. The highest BCUT2D eigenvalue weighted by Gasteiger charge is 2.21. The first-order valence-electron chi connectivity index (χ1n) is 10.5.